The molecule has 2 heterocycles. The standard InChI is InChI=1S/C11H13N3/c1-7(2)9-5-8-6-13-4-3-10(8)14-11(9)12/h3-7H,1-2H3,(H2,12,14). The highest BCUT2D eigenvalue weighted by Crippen LogP contribution is 2.23. The van der Waals surface area contributed by atoms with Gasteiger partial charge in [-0.25, -0.2) is 4.98 Å². The van der Waals surface area contributed by atoms with Gasteiger partial charge in [-0.1, -0.05) is 13.8 Å². The molecular weight excluding hydrogens is 174 g/mol. The molecule has 2 rings (SSSR count). The molecule has 2 aromatic rings. The van der Waals surface area contributed by atoms with Crippen LogP contribution in [-0.4, -0.2) is 9.97 Å². The van der Waals surface area contributed by atoms with E-state index in [0.29, 0.717) is 11.7 Å². The van der Waals surface area contributed by atoms with E-state index in [0.717, 1.165) is 16.5 Å². The maximum absolute atomic E-state index is 5.86. The van der Waals surface area contributed by atoms with Crippen LogP contribution in [0.4, 0.5) is 5.82 Å². The summed E-state index contributed by atoms with van der Waals surface area (Å²) in [4.78, 5) is 8.40. The van der Waals surface area contributed by atoms with Crippen molar-refractivity contribution in [2.24, 2.45) is 0 Å². The van der Waals surface area contributed by atoms with Crippen LogP contribution in [0.1, 0.15) is 25.3 Å². The zero-order chi connectivity index (χ0) is 10.1. The first-order valence-corrected chi connectivity index (χ1v) is 4.68. The fourth-order valence-corrected chi connectivity index (χ4v) is 1.51. The third-order valence-electron chi connectivity index (χ3n) is 2.30. The van der Waals surface area contributed by atoms with Crippen LogP contribution in [-0.2, 0) is 0 Å². The van der Waals surface area contributed by atoms with Crippen molar-refractivity contribution in [1.29, 1.82) is 0 Å². The summed E-state index contributed by atoms with van der Waals surface area (Å²) in [5.74, 6) is 1.02. The second-order valence-electron chi connectivity index (χ2n) is 3.69. The number of pyridine rings is 2. The van der Waals surface area contributed by atoms with Crippen LogP contribution in [0.25, 0.3) is 10.9 Å². The van der Waals surface area contributed by atoms with Gasteiger partial charge in [0.05, 0.1) is 5.52 Å². The van der Waals surface area contributed by atoms with Gasteiger partial charge in [0, 0.05) is 17.8 Å². The second kappa shape index (κ2) is 3.25. The molecular formula is C11H13N3. The van der Waals surface area contributed by atoms with E-state index in [4.69, 9.17) is 5.73 Å². The molecule has 14 heavy (non-hydrogen) atoms. The summed E-state index contributed by atoms with van der Waals surface area (Å²) in [6.07, 6.45) is 3.54. The van der Waals surface area contributed by atoms with Gasteiger partial charge < -0.3 is 5.73 Å². The molecule has 0 aliphatic rings. The molecule has 0 spiro atoms. The number of rotatable bonds is 1. The number of nitrogens with two attached hydrogens (primary N) is 1. The van der Waals surface area contributed by atoms with Gasteiger partial charge in [-0.2, -0.15) is 0 Å². The number of nitrogens with zero attached hydrogens (tertiary/aromatic N) is 2. The molecule has 0 aliphatic carbocycles. The van der Waals surface area contributed by atoms with Gasteiger partial charge >= 0.3 is 0 Å². The SMILES string of the molecule is CC(C)c1cc2cnccc2nc1N. The third-order valence-corrected chi connectivity index (χ3v) is 2.30. The quantitative estimate of drug-likeness (QED) is 0.745. The van der Waals surface area contributed by atoms with Crippen LogP contribution in [0, 0.1) is 0 Å². The molecule has 3 heteroatoms. The first kappa shape index (κ1) is 8.94. The lowest BCUT2D eigenvalue weighted by Gasteiger charge is -2.09. The number of anilines is 1. The lowest BCUT2D eigenvalue weighted by molar-refractivity contribution is 0.866. The number of hydrogen-bond donors (Lipinski definition) is 1. The van der Waals surface area contributed by atoms with Gasteiger partial charge in [-0.05, 0) is 23.6 Å². The zero-order valence-electron chi connectivity index (χ0n) is 8.36. The molecule has 0 unspecified atom stereocenters. The van der Waals surface area contributed by atoms with E-state index in [1.807, 2.05) is 12.3 Å². The molecule has 0 saturated carbocycles. The summed E-state index contributed by atoms with van der Waals surface area (Å²) in [5, 5.41) is 1.05. The highest BCUT2D eigenvalue weighted by atomic mass is 14.8. The van der Waals surface area contributed by atoms with Crippen LogP contribution >= 0.6 is 0 Å². The number of nitrogen functional groups attached to an aromatic ring is 1. The van der Waals surface area contributed by atoms with Crippen molar-refractivity contribution < 1.29 is 0 Å². The Labute approximate surface area is 83.0 Å². The van der Waals surface area contributed by atoms with Gasteiger partial charge in [0.1, 0.15) is 5.82 Å². The first-order chi connectivity index (χ1) is 6.68. The maximum atomic E-state index is 5.86. The first-order valence-electron chi connectivity index (χ1n) is 4.68. The Hall–Kier alpha value is -1.64. The highest BCUT2D eigenvalue weighted by Gasteiger charge is 2.06. The van der Waals surface area contributed by atoms with Crippen molar-refractivity contribution in [3.63, 3.8) is 0 Å². The van der Waals surface area contributed by atoms with Crippen LogP contribution in [0.2, 0.25) is 0 Å². The van der Waals surface area contributed by atoms with Crippen molar-refractivity contribution in [3.8, 4) is 0 Å². The summed E-state index contributed by atoms with van der Waals surface area (Å²) in [5.41, 5.74) is 7.85. The minimum atomic E-state index is 0.395. The Morgan fingerprint density at radius 2 is 2.14 bits per heavy atom. The lowest BCUT2D eigenvalue weighted by atomic mass is 10.0. The molecule has 0 saturated heterocycles. The fraction of sp³-hybridized carbons (Fsp3) is 0.273. The van der Waals surface area contributed by atoms with Crippen LogP contribution < -0.4 is 5.73 Å². The Morgan fingerprint density at radius 1 is 1.36 bits per heavy atom. The summed E-state index contributed by atoms with van der Waals surface area (Å²) >= 11 is 0. The van der Waals surface area contributed by atoms with Crippen LogP contribution in [0.5, 0.6) is 0 Å². The minimum Gasteiger partial charge on any atom is -0.383 e. The van der Waals surface area contributed by atoms with E-state index in [2.05, 4.69) is 29.9 Å². The smallest absolute Gasteiger partial charge is 0.127 e. The van der Waals surface area contributed by atoms with Gasteiger partial charge in [0.25, 0.3) is 0 Å². The van der Waals surface area contributed by atoms with Crippen LogP contribution in [0.3, 0.4) is 0 Å². The maximum Gasteiger partial charge on any atom is 0.127 e. The van der Waals surface area contributed by atoms with Crippen LogP contribution in [0.15, 0.2) is 24.5 Å². The lowest BCUT2D eigenvalue weighted by Crippen LogP contribution is -1.99. The average molecular weight is 187 g/mol. The topological polar surface area (TPSA) is 51.8 Å². The van der Waals surface area contributed by atoms with Crippen molar-refractivity contribution >= 4 is 16.7 Å². The number of fused-ring (bicyclic) bond motifs is 1. The van der Waals surface area contributed by atoms with Crippen molar-refractivity contribution in [3.05, 3.63) is 30.1 Å². The predicted octanol–water partition coefficient (Wildman–Crippen LogP) is 2.34. The molecule has 0 radical (unpaired) electrons. The molecule has 0 aliphatic heterocycles. The largest absolute Gasteiger partial charge is 0.383 e. The Balaban J connectivity index is 2.71. The molecule has 0 atom stereocenters. The molecule has 0 fully saturated rings. The predicted molar refractivity (Wildman–Crippen MR) is 58.0 cm³/mol. The summed E-state index contributed by atoms with van der Waals surface area (Å²) in [6.45, 7) is 4.21. The normalized spacial score (nSPS) is 11.1. The van der Waals surface area contributed by atoms with E-state index < -0.39 is 0 Å². The molecule has 0 amide bonds. The summed E-state index contributed by atoms with van der Waals surface area (Å²) < 4.78 is 0. The van der Waals surface area contributed by atoms with E-state index >= 15 is 0 Å². The van der Waals surface area contributed by atoms with Crippen molar-refractivity contribution in [2.45, 2.75) is 19.8 Å². The molecule has 2 aromatic heterocycles. The summed E-state index contributed by atoms with van der Waals surface area (Å²) in [6, 6.07) is 3.94. The van der Waals surface area contributed by atoms with E-state index in [1.165, 1.54) is 0 Å². The second-order valence-corrected chi connectivity index (χ2v) is 3.69. The molecule has 72 valence electrons. The third kappa shape index (κ3) is 1.41. The Bertz CT molecular complexity index is 463. The fourth-order valence-electron chi connectivity index (χ4n) is 1.51. The Morgan fingerprint density at radius 3 is 2.86 bits per heavy atom. The van der Waals surface area contributed by atoms with Gasteiger partial charge in [-0.3, -0.25) is 4.98 Å². The average Bonchev–Trinajstić information content (AvgIpc) is 2.16. The molecule has 3 nitrogen and oxygen atoms in total. The summed E-state index contributed by atoms with van der Waals surface area (Å²) in [7, 11) is 0. The Kier molecular flexibility index (Phi) is 2.08. The van der Waals surface area contributed by atoms with E-state index in [1.54, 1.807) is 6.20 Å². The van der Waals surface area contributed by atoms with Crippen molar-refractivity contribution in [1.82, 2.24) is 9.97 Å². The monoisotopic (exact) mass is 187 g/mol. The zero-order valence-corrected chi connectivity index (χ0v) is 8.36. The number of aromatic nitrogens is 2. The molecule has 2 N–H and O–H groups in total. The van der Waals surface area contributed by atoms with Gasteiger partial charge in [-0.15, -0.1) is 0 Å². The van der Waals surface area contributed by atoms with E-state index in [-0.39, 0.29) is 0 Å². The van der Waals surface area contributed by atoms with E-state index in [9.17, 15) is 0 Å². The minimum absolute atomic E-state index is 0.395. The molecule has 0 bridgehead atoms. The van der Waals surface area contributed by atoms with Gasteiger partial charge in [0.15, 0.2) is 0 Å². The highest BCUT2D eigenvalue weighted by molar-refractivity contribution is 5.80. The van der Waals surface area contributed by atoms with Gasteiger partial charge in [0.2, 0.25) is 0 Å². The number of hydrogen-bond acceptors (Lipinski definition) is 3. The van der Waals surface area contributed by atoms with Crippen molar-refractivity contribution in [2.75, 3.05) is 5.73 Å². The molecule has 0 aromatic carbocycles.